The van der Waals surface area contributed by atoms with Gasteiger partial charge in [-0.1, -0.05) is 35.7 Å². The van der Waals surface area contributed by atoms with Crippen molar-refractivity contribution in [2.24, 2.45) is 11.8 Å². The van der Waals surface area contributed by atoms with Gasteiger partial charge in [-0.15, -0.1) is 0 Å². The number of benzene rings is 1. The number of nitrogen functional groups attached to an aromatic ring is 1. The standard InChI is InChI=1S/C14H21BrN2/c1-10-3-2-4-11(7-10)9-17-14-6-5-12(15)8-13(14)16/h5-6,8,10-11,17H,2-4,7,9,16H2,1H3. The Hall–Kier alpha value is -0.700. The Morgan fingerprint density at radius 1 is 1.41 bits per heavy atom. The highest BCUT2D eigenvalue weighted by Crippen LogP contribution is 2.29. The molecule has 17 heavy (non-hydrogen) atoms. The van der Waals surface area contributed by atoms with Crippen molar-refractivity contribution in [3.05, 3.63) is 22.7 Å². The molecule has 1 aliphatic carbocycles. The predicted molar refractivity (Wildman–Crippen MR) is 78.2 cm³/mol. The van der Waals surface area contributed by atoms with Gasteiger partial charge in [0.25, 0.3) is 0 Å². The summed E-state index contributed by atoms with van der Waals surface area (Å²) in [4.78, 5) is 0. The van der Waals surface area contributed by atoms with Crippen LogP contribution in [0.25, 0.3) is 0 Å². The summed E-state index contributed by atoms with van der Waals surface area (Å²) in [6, 6.07) is 6.03. The van der Waals surface area contributed by atoms with Gasteiger partial charge < -0.3 is 11.1 Å². The van der Waals surface area contributed by atoms with Gasteiger partial charge in [0.1, 0.15) is 0 Å². The molecule has 2 rings (SSSR count). The molecule has 1 aromatic rings. The minimum absolute atomic E-state index is 0.807. The maximum atomic E-state index is 5.97. The molecular formula is C14H21BrN2. The number of anilines is 2. The molecule has 0 saturated heterocycles. The lowest BCUT2D eigenvalue weighted by Crippen LogP contribution is -2.21. The first-order chi connectivity index (χ1) is 8.15. The van der Waals surface area contributed by atoms with Crippen LogP contribution in [-0.4, -0.2) is 6.54 Å². The normalized spacial score (nSPS) is 24.6. The van der Waals surface area contributed by atoms with E-state index in [1.165, 1.54) is 25.7 Å². The molecule has 0 bridgehead atoms. The third-order valence-corrected chi connectivity index (χ3v) is 4.13. The lowest BCUT2D eigenvalue weighted by Gasteiger charge is -2.27. The van der Waals surface area contributed by atoms with E-state index in [2.05, 4.69) is 28.2 Å². The number of nitrogens with two attached hydrogens (primary N) is 1. The molecule has 0 radical (unpaired) electrons. The van der Waals surface area contributed by atoms with Gasteiger partial charge in [-0.3, -0.25) is 0 Å². The van der Waals surface area contributed by atoms with Gasteiger partial charge in [-0.2, -0.15) is 0 Å². The summed E-state index contributed by atoms with van der Waals surface area (Å²) in [6.07, 6.45) is 5.48. The van der Waals surface area contributed by atoms with Crippen LogP contribution in [0.15, 0.2) is 22.7 Å². The molecular weight excluding hydrogens is 276 g/mol. The van der Waals surface area contributed by atoms with Crippen molar-refractivity contribution in [2.75, 3.05) is 17.6 Å². The molecule has 2 atom stereocenters. The van der Waals surface area contributed by atoms with Gasteiger partial charge >= 0.3 is 0 Å². The lowest BCUT2D eigenvalue weighted by molar-refractivity contribution is 0.293. The summed E-state index contributed by atoms with van der Waals surface area (Å²) in [5, 5.41) is 3.48. The largest absolute Gasteiger partial charge is 0.397 e. The monoisotopic (exact) mass is 296 g/mol. The van der Waals surface area contributed by atoms with Crippen molar-refractivity contribution >= 4 is 27.3 Å². The Balaban J connectivity index is 1.88. The van der Waals surface area contributed by atoms with Gasteiger partial charge in [0.2, 0.25) is 0 Å². The van der Waals surface area contributed by atoms with E-state index in [0.717, 1.165) is 34.2 Å². The van der Waals surface area contributed by atoms with Crippen LogP contribution in [0, 0.1) is 11.8 Å². The summed E-state index contributed by atoms with van der Waals surface area (Å²) < 4.78 is 1.03. The molecule has 1 aromatic carbocycles. The van der Waals surface area contributed by atoms with E-state index in [4.69, 9.17) is 5.73 Å². The van der Waals surface area contributed by atoms with Crippen molar-refractivity contribution in [3.63, 3.8) is 0 Å². The van der Waals surface area contributed by atoms with Crippen molar-refractivity contribution in [1.29, 1.82) is 0 Å². The minimum Gasteiger partial charge on any atom is -0.397 e. The molecule has 94 valence electrons. The molecule has 1 fully saturated rings. The molecule has 3 N–H and O–H groups in total. The van der Waals surface area contributed by atoms with Crippen molar-refractivity contribution in [2.45, 2.75) is 32.6 Å². The van der Waals surface area contributed by atoms with Crippen molar-refractivity contribution in [1.82, 2.24) is 0 Å². The molecule has 2 nitrogen and oxygen atoms in total. The van der Waals surface area contributed by atoms with Crippen LogP contribution in [0.4, 0.5) is 11.4 Å². The SMILES string of the molecule is CC1CCCC(CNc2ccc(Br)cc2N)C1. The molecule has 0 spiro atoms. The Morgan fingerprint density at radius 2 is 2.24 bits per heavy atom. The summed E-state index contributed by atoms with van der Waals surface area (Å²) in [6.45, 7) is 3.41. The average molecular weight is 297 g/mol. The highest BCUT2D eigenvalue weighted by Gasteiger charge is 2.18. The summed E-state index contributed by atoms with van der Waals surface area (Å²) in [5.41, 5.74) is 7.86. The quantitative estimate of drug-likeness (QED) is 0.818. The number of hydrogen-bond donors (Lipinski definition) is 2. The third kappa shape index (κ3) is 3.63. The molecule has 1 saturated carbocycles. The first kappa shape index (κ1) is 12.7. The van der Waals surface area contributed by atoms with Crippen LogP contribution >= 0.6 is 15.9 Å². The second-order valence-corrected chi connectivity index (χ2v) is 6.17. The van der Waals surface area contributed by atoms with Crippen LogP contribution < -0.4 is 11.1 Å². The zero-order chi connectivity index (χ0) is 12.3. The van der Waals surface area contributed by atoms with Crippen LogP contribution in [0.5, 0.6) is 0 Å². The number of rotatable bonds is 3. The number of halogens is 1. The smallest absolute Gasteiger partial charge is 0.0574 e. The molecule has 0 aromatic heterocycles. The minimum atomic E-state index is 0.807. The Bertz CT molecular complexity index is 378. The molecule has 3 heteroatoms. The van der Waals surface area contributed by atoms with Gasteiger partial charge in [0.05, 0.1) is 11.4 Å². The molecule has 0 aliphatic heterocycles. The van der Waals surface area contributed by atoms with E-state index in [1.807, 2.05) is 18.2 Å². The summed E-state index contributed by atoms with van der Waals surface area (Å²) in [7, 11) is 0. The lowest BCUT2D eigenvalue weighted by atomic mass is 9.82. The van der Waals surface area contributed by atoms with E-state index in [0.29, 0.717) is 0 Å². The molecule has 0 heterocycles. The molecule has 0 amide bonds. The van der Waals surface area contributed by atoms with Crippen molar-refractivity contribution in [3.8, 4) is 0 Å². The predicted octanol–water partition coefficient (Wildman–Crippen LogP) is 4.27. The Labute approximate surface area is 112 Å². The zero-order valence-corrected chi connectivity index (χ0v) is 12.0. The molecule has 1 aliphatic rings. The average Bonchev–Trinajstić information content (AvgIpc) is 2.28. The van der Waals surface area contributed by atoms with Crippen molar-refractivity contribution < 1.29 is 0 Å². The Morgan fingerprint density at radius 3 is 2.94 bits per heavy atom. The fourth-order valence-electron chi connectivity index (χ4n) is 2.69. The maximum absolute atomic E-state index is 5.97. The van der Waals surface area contributed by atoms with Gasteiger partial charge in [-0.05, 0) is 42.9 Å². The first-order valence-corrected chi connectivity index (χ1v) is 7.23. The van der Waals surface area contributed by atoms with Crippen LogP contribution in [0.1, 0.15) is 32.6 Å². The second-order valence-electron chi connectivity index (χ2n) is 5.25. The van der Waals surface area contributed by atoms with Gasteiger partial charge in [0.15, 0.2) is 0 Å². The highest BCUT2D eigenvalue weighted by atomic mass is 79.9. The maximum Gasteiger partial charge on any atom is 0.0574 e. The van der Waals surface area contributed by atoms with E-state index < -0.39 is 0 Å². The van der Waals surface area contributed by atoms with Crippen LogP contribution in [-0.2, 0) is 0 Å². The van der Waals surface area contributed by atoms with E-state index in [9.17, 15) is 0 Å². The fourth-order valence-corrected chi connectivity index (χ4v) is 3.07. The van der Waals surface area contributed by atoms with Gasteiger partial charge in [-0.25, -0.2) is 0 Å². The number of hydrogen-bond acceptors (Lipinski definition) is 2. The highest BCUT2D eigenvalue weighted by molar-refractivity contribution is 9.10. The first-order valence-electron chi connectivity index (χ1n) is 6.44. The fraction of sp³-hybridized carbons (Fsp3) is 0.571. The van der Waals surface area contributed by atoms with Crippen LogP contribution in [0.3, 0.4) is 0 Å². The topological polar surface area (TPSA) is 38.0 Å². The zero-order valence-electron chi connectivity index (χ0n) is 10.4. The number of nitrogens with one attached hydrogen (secondary N) is 1. The van der Waals surface area contributed by atoms with E-state index in [-0.39, 0.29) is 0 Å². The van der Waals surface area contributed by atoms with Gasteiger partial charge in [0, 0.05) is 11.0 Å². The van der Waals surface area contributed by atoms with Crippen LogP contribution in [0.2, 0.25) is 0 Å². The molecule has 2 unspecified atom stereocenters. The Kier molecular flexibility index (Phi) is 4.32. The second kappa shape index (κ2) is 5.76. The van der Waals surface area contributed by atoms with E-state index in [1.54, 1.807) is 0 Å². The third-order valence-electron chi connectivity index (χ3n) is 3.64. The summed E-state index contributed by atoms with van der Waals surface area (Å²) >= 11 is 3.42. The summed E-state index contributed by atoms with van der Waals surface area (Å²) in [5.74, 6) is 1.69. The van der Waals surface area contributed by atoms with E-state index >= 15 is 0 Å².